The third-order valence-corrected chi connectivity index (χ3v) is 2.37. The second-order valence-corrected chi connectivity index (χ2v) is 4.58. The summed E-state index contributed by atoms with van der Waals surface area (Å²) in [6.45, 7) is 6.58. The highest BCUT2D eigenvalue weighted by atomic mass is 14.7. The Balaban J connectivity index is 2.97. The van der Waals surface area contributed by atoms with Crippen molar-refractivity contribution < 1.29 is 0 Å². The molecule has 14 heavy (non-hydrogen) atoms. The largest absolute Gasteiger partial charge is 0.384 e. The van der Waals surface area contributed by atoms with Gasteiger partial charge in [0.15, 0.2) is 0 Å². The summed E-state index contributed by atoms with van der Waals surface area (Å²) in [6.07, 6.45) is 8.93. The molecule has 0 unspecified atom stereocenters. The number of allylic oxidation sites excluding steroid dienone is 4. The van der Waals surface area contributed by atoms with E-state index in [-0.39, 0.29) is 11.3 Å². The van der Waals surface area contributed by atoms with Crippen LogP contribution < -0.4 is 5.73 Å². The van der Waals surface area contributed by atoms with Crippen LogP contribution in [0, 0.1) is 10.8 Å². The Morgan fingerprint density at radius 2 is 2.00 bits per heavy atom. The van der Waals surface area contributed by atoms with Gasteiger partial charge in [0.25, 0.3) is 0 Å². The summed E-state index contributed by atoms with van der Waals surface area (Å²) in [5.74, 6) is 0.132. The minimum atomic E-state index is 0.132. The van der Waals surface area contributed by atoms with E-state index < -0.39 is 0 Å². The minimum absolute atomic E-state index is 0.132. The molecule has 3 N–H and O–H groups in total. The quantitative estimate of drug-likeness (QED) is 0.485. The average Bonchev–Trinajstić information content (AvgIpc) is 2.26. The van der Waals surface area contributed by atoms with Gasteiger partial charge in [0.1, 0.15) is 5.84 Å². The van der Waals surface area contributed by atoms with E-state index in [0.717, 1.165) is 12.0 Å². The summed E-state index contributed by atoms with van der Waals surface area (Å²) in [6, 6.07) is 0. The van der Waals surface area contributed by atoms with Crippen LogP contribution >= 0.6 is 0 Å². The highest BCUT2D eigenvalue weighted by Gasteiger charge is 2.16. The van der Waals surface area contributed by atoms with E-state index in [2.05, 4.69) is 32.9 Å². The molecule has 0 bridgehead atoms. The van der Waals surface area contributed by atoms with Crippen molar-refractivity contribution in [2.45, 2.75) is 27.2 Å². The molecule has 0 saturated heterocycles. The van der Waals surface area contributed by atoms with Crippen LogP contribution in [0.2, 0.25) is 0 Å². The fourth-order valence-electron chi connectivity index (χ4n) is 1.36. The molecule has 76 valence electrons. The third kappa shape index (κ3) is 2.59. The van der Waals surface area contributed by atoms with E-state index in [1.165, 1.54) is 5.57 Å². The maximum absolute atomic E-state index is 7.34. The van der Waals surface area contributed by atoms with E-state index >= 15 is 0 Å². The Hall–Kier alpha value is -1.31. The van der Waals surface area contributed by atoms with Crippen molar-refractivity contribution in [3.8, 4) is 0 Å². The lowest BCUT2D eigenvalue weighted by molar-refractivity contribution is 0.494. The molecular weight excluding hydrogens is 172 g/mol. The molecular formula is C12H18N2. The van der Waals surface area contributed by atoms with Gasteiger partial charge >= 0.3 is 0 Å². The first-order chi connectivity index (χ1) is 6.41. The van der Waals surface area contributed by atoms with Crippen LogP contribution in [0.3, 0.4) is 0 Å². The van der Waals surface area contributed by atoms with Gasteiger partial charge in [0.2, 0.25) is 0 Å². The summed E-state index contributed by atoms with van der Waals surface area (Å²) >= 11 is 0. The Morgan fingerprint density at radius 1 is 1.36 bits per heavy atom. The zero-order chi connectivity index (χ0) is 10.8. The average molecular weight is 190 g/mol. The molecule has 1 aliphatic rings. The molecule has 0 aromatic carbocycles. The van der Waals surface area contributed by atoms with Crippen molar-refractivity contribution in [2.24, 2.45) is 11.1 Å². The SMILES string of the molecule is CC(C)(C)C1=CC=C(C(=N)N)C=CC1. The summed E-state index contributed by atoms with van der Waals surface area (Å²) in [5.41, 5.74) is 7.77. The van der Waals surface area contributed by atoms with Crippen LogP contribution in [0.25, 0.3) is 0 Å². The second kappa shape index (κ2) is 3.82. The molecule has 0 amide bonds. The van der Waals surface area contributed by atoms with Crippen LogP contribution in [0.4, 0.5) is 0 Å². The molecule has 0 atom stereocenters. The van der Waals surface area contributed by atoms with Gasteiger partial charge in [-0.3, -0.25) is 5.41 Å². The van der Waals surface area contributed by atoms with E-state index in [4.69, 9.17) is 11.1 Å². The van der Waals surface area contributed by atoms with Crippen LogP contribution in [0.5, 0.6) is 0 Å². The molecule has 0 aliphatic heterocycles. The van der Waals surface area contributed by atoms with Gasteiger partial charge < -0.3 is 5.73 Å². The predicted molar refractivity (Wildman–Crippen MR) is 61.3 cm³/mol. The lowest BCUT2D eigenvalue weighted by Crippen LogP contribution is -2.10. The van der Waals surface area contributed by atoms with Crippen LogP contribution in [0.15, 0.2) is 35.5 Å². The number of rotatable bonds is 1. The summed E-state index contributed by atoms with van der Waals surface area (Å²) in [7, 11) is 0. The zero-order valence-electron chi connectivity index (χ0n) is 9.09. The zero-order valence-corrected chi connectivity index (χ0v) is 9.09. The van der Waals surface area contributed by atoms with E-state index in [1.807, 2.05) is 12.2 Å². The Labute approximate surface area is 85.7 Å². The van der Waals surface area contributed by atoms with Crippen LogP contribution in [0.1, 0.15) is 27.2 Å². The van der Waals surface area contributed by atoms with Gasteiger partial charge in [-0.1, -0.05) is 50.6 Å². The summed E-state index contributed by atoms with van der Waals surface area (Å²) in [5, 5.41) is 7.34. The normalized spacial score (nSPS) is 17.1. The van der Waals surface area contributed by atoms with Crippen molar-refractivity contribution >= 4 is 5.84 Å². The minimum Gasteiger partial charge on any atom is -0.384 e. The molecule has 1 aliphatic carbocycles. The van der Waals surface area contributed by atoms with Crippen LogP contribution in [-0.4, -0.2) is 5.84 Å². The topological polar surface area (TPSA) is 49.9 Å². The first-order valence-corrected chi connectivity index (χ1v) is 4.83. The van der Waals surface area contributed by atoms with Gasteiger partial charge in [-0.15, -0.1) is 0 Å². The standard InChI is InChI=1S/C12H18N2/c1-12(2,3)10-6-4-5-9(7-8-10)11(13)14/h4-5,7-8H,6H2,1-3H3,(H3,13,14). The highest BCUT2D eigenvalue weighted by Crippen LogP contribution is 2.29. The van der Waals surface area contributed by atoms with Gasteiger partial charge in [-0.2, -0.15) is 0 Å². The molecule has 0 fully saturated rings. The first-order valence-electron chi connectivity index (χ1n) is 4.83. The van der Waals surface area contributed by atoms with Crippen LogP contribution in [-0.2, 0) is 0 Å². The van der Waals surface area contributed by atoms with E-state index in [9.17, 15) is 0 Å². The fourth-order valence-corrected chi connectivity index (χ4v) is 1.36. The number of nitrogens with one attached hydrogen (secondary N) is 1. The van der Waals surface area contributed by atoms with Crippen molar-refractivity contribution in [1.82, 2.24) is 0 Å². The van der Waals surface area contributed by atoms with Crippen molar-refractivity contribution in [2.75, 3.05) is 0 Å². The molecule has 0 saturated carbocycles. The molecule has 0 aromatic heterocycles. The number of hydrogen-bond acceptors (Lipinski definition) is 1. The maximum Gasteiger partial charge on any atom is 0.122 e. The van der Waals surface area contributed by atoms with Gasteiger partial charge in [0.05, 0.1) is 0 Å². The smallest absolute Gasteiger partial charge is 0.122 e. The summed E-state index contributed by atoms with van der Waals surface area (Å²) in [4.78, 5) is 0. The number of hydrogen-bond donors (Lipinski definition) is 2. The lowest BCUT2D eigenvalue weighted by Gasteiger charge is -2.21. The lowest BCUT2D eigenvalue weighted by atomic mass is 9.84. The van der Waals surface area contributed by atoms with Gasteiger partial charge in [-0.05, 0) is 11.8 Å². The molecule has 0 radical (unpaired) electrons. The molecule has 2 nitrogen and oxygen atoms in total. The number of amidine groups is 1. The molecule has 1 rings (SSSR count). The number of nitrogens with two attached hydrogens (primary N) is 1. The van der Waals surface area contributed by atoms with E-state index in [1.54, 1.807) is 0 Å². The van der Waals surface area contributed by atoms with Gasteiger partial charge in [0, 0.05) is 5.57 Å². The van der Waals surface area contributed by atoms with Crippen molar-refractivity contribution in [1.29, 1.82) is 5.41 Å². The van der Waals surface area contributed by atoms with Crippen molar-refractivity contribution in [3.63, 3.8) is 0 Å². The Morgan fingerprint density at radius 3 is 2.50 bits per heavy atom. The maximum atomic E-state index is 7.34. The first kappa shape index (κ1) is 10.8. The van der Waals surface area contributed by atoms with E-state index in [0.29, 0.717) is 0 Å². The highest BCUT2D eigenvalue weighted by molar-refractivity contribution is 5.97. The summed E-state index contributed by atoms with van der Waals surface area (Å²) < 4.78 is 0. The molecule has 0 heterocycles. The Bertz CT molecular complexity index is 325. The fraction of sp³-hybridized carbons (Fsp3) is 0.417. The third-order valence-electron chi connectivity index (χ3n) is 2.37. The molecule has 0 spiro atoms. The van der Waals surface area contributed by atoms with Gasteiger partial charge in [-0.25, -0.2) is 0 Å². The molecule has 2 heteroatoms. The predicted octanol–water partition coefficient (Wildman–Crippen LogP) is 2.78. The Kier molecular flexibility index (Phi) is 2.94. The van der Waals surface area contributed by atoms with Crippen molar-refractivity contribution in [3.05, 3.63) is 35.5 Å². The molecule has 0 aromatic rings. The second-order valence-electron chi connectivity index (χ2n) is 4.58. The monoisotopic (exact) mass is 190 g/mol.